The summed E-state index contributed by atoms with van der Waals surface area (Å²) in [7, 11) is 2.18. The van der Waals surface area contributed by atoms with E-state index in [0.29, 0.717) is 12.0 Å². The first-order chi connectivity index (χ1) is 8.47. The van der Waals surface area contributed by atoms with Crippen molar-refractivity contribution in [2.45, 2.75) is 66.8 Å². The number of benzene rings is 1. The van der Waals surface area contributed by atoms with E-state index in [1.807, 2.05) is 13.8 Å². The number of nitrogens with zero attached hydrogens (tertiary/aromatic N) is 1. The van der Waals surface area contributed by atoms with Gasteiger partial charge in [0, 0.05) is 18.8 Å². The average molecular weight is 249 g/mol. The lowest BCUT2D eigenvalue weighted by Gasteiger charge is -2.27. The van der Waals surface area contributed by atoms with E-state index in [4.69, 9.17) is 0 Å². The van der Waals surface area contributed by atoms with E-state index in [1.54, 1.807) is 0 Å². The molecule has 1 nitrogen and oxygen atoms in total. The number of aryl methyl sites for hydroxylation is 1. The van der Waals surface area contributed by atoms with Gasteiger partial charge in [-0.1, -0.05) is 46.8 Å². The van der Waals surface area contributed by atoms with Crippen molar-refractivity contribution < 1.29 is 0 Å². The van der Waals surface area contributed by atoms with E-state index in [1.165, 1.54) is 16.8 Å². The molecule has 0 saturated carbocycles. The zero-order chi connectivity index (χ0) is 14.3. The van der Waals surface area contributed by atoms with E-state index in [0.717, 1.165) is 6.42 Å². The van der Waals surface area contributed by atoms with Gasteiger partial charge in [0.1, 0.15) is 0 Å². The third-order valence-corrected chi connectivity index (χ3v) is 3.31. The molecule has 0 atom stereocenters. The third-order valence-electron chi connectivity index (χ3n) is 3.31. The quantitative estimate of drug-likeness (QED) is 0.705. The van der Waals surface area contributed by atoms with Gasteiger partial charge in [-0.3, -0.25) is 0 Å². The first kappa shape index (κ1) is 17.0. The summed E-state index contributed by atoms with van der Waals surface area (Å²) in [6, 6.07) is 7.45. The molecule has 104 valence electrons. The summed E-state index contributed by atoms with van der Waals surface area (Å²) in [6.07, 6.45) is 1.10. The highest BCUT2D eigenvalue weighted by molar-refractivity contribution is 5.56. The molecule has 0 radical (unpaired) electrons. The number of hydrogen-bond acceptors (Lipinski definition) is 1. The molecule has 0 aliphatic rings. The smallest absolute Gasteiger partial charge is 0.0401 e. The minimum Gasteiger partial charge on any atom is -0.372 e. The summed E-state index contributed by atoms with van der Waals surface area (Å²) in [4.78, 5) is 2.37. The largest absolute Gasteiger partial charge is 0.372 e. The van der Waals surface area contributed by atoms with Crippen molar-refractivity contribution in [1.29, 1.82) is 0 Å². The van der Waals surface area contributed by atoms with Crippen LogP contribution in [0.15, 0.2) is 18.2 Å². The van der Waals surface area contributed by atoms with Crippen molar-refractivity contribution in [3.8, 4) is 0 Å². The predicted molar refractivity (Wildman–Crippen MR) is 84.8 cm³/mol. The number of hydrogen-bond donors (Lipinski definition) is 0. The van der Waals surface area contributed by atoms with Gasteiger partial charge in [-0.25, -0.2) is 0 Å². The zero-order valence-electron chi connectivity index (χ0n) is 13.5. The van der Waals surface area contributed by atoms with Crippen LogP contribution in [0.1, 0.15) is 65.5 Å². The summed E-state index contributed by atoms with van der Waals surface area (Å²) in [5, 5.41) is 0. The highest BCUT2D eigenvalue weighted by atomic mass is 15.1. The Kier molecular flexibility index (Phi) is 7.73. The monoisotopic (exact) mass is 249 g/mol. The maximum Gasteiger partial charge on any atom is 0.0401 e. The van der Waals surface area contributed by atoms with Crippen LogP contribution in [-0.4, -0.2) is 13.1 Å². The molecule has 1 aromatic carbocycles. The van der Waals surface area contributed by atoms with Crippen LogP contribution < -0.4 is 4.90 Å². The number of anilines is 1. The van der Waals surface area contributed by atoms with Crippen molar-refractivity contribution in [2.24, 2.45) is 0 Å². The Morgan fingerprint density at radius 1 is 1.06 bits per heavy atom. The second kappa shape index (κ2) is 8.18. The standard InChI is InChI=1S/C15H25N.C2H6/c1-7-13-8-9-14(11(2)3)10-15(13)16(6)12(4)5;1-2/h8-12H,7H2,1-6H3;1-2H3. The van der Waals surface area contributed by atoms with Gasteiger partial charge in [-0.2, -0.15) is 0 Å². The molecule has 0 N–H and O–H groups in total. The highest BCUT2D eigenvalue weighted by Gasteiger charge is 2.11. The van der Waals surface area contributed by atoms with Gasteiger partial charge >= 0.3 is 0 Å². The highest BCUT2D eigenvalue weighted by Crippen LogP contribution is 2.26. The molecular weight excluding hydrogens is 218 g/mol. The molecule has 0 aliphatic heterocycles. The van der Waals surface area contributed by atoms with E-state index in [-0.39, 0.29) is 0 Å². The Hall–Kier alpha value is -0.980. The molecule has 0 aromatic heterocycles. The van der Waals surface area contributed by atoms with E-state index in [2.05, 4.69) is 64.8 Å². The van der Waals surface area contributed by atoms with Crippen molar-refractivity contribution >= 4 is 5.69 Å². The predicted octanol–water partition coefficient (Wildman–Crippen LogP) is 5.24. The summed E-state index contributed by atoms with van der Waals surface area (Å²) in [6.45, 7) is 15.2. The topological polar surface area (TPSA) is 3.24 Å². The molecular formula is C17H31N. The lowest BCUT2D eigenvalue weighted by Crippen LogP contribution is -2.26. The minimum absolute atomic E-state index is 0.549. The maximum atomic E-state index is 2.37. The van der Waals surface area contributed by atoms with Gasteiger partial charge in [0.25, 0.3) is 0 Å². The summed E-state index contributed by atoms with van der Waals surface area (Å²) in [5.74, 6) is 0.602. The fraction of sp³-hybridized carbons (Fsp3) is 0.647. The molecule has 1 aromatic rings. The Morgan fingerprint density at radius 2 is 1.61 bits per heavy atom. The van der Waals surface area contributed by atoms with Gasteiger partial charge < -0.3 is 4.90 Å². The first-order valence-electron chi connectivity index (χ1n) is 7.33. The molecule has 1 heteroatoms. The zero-order valence-corrected chi connectivity index (χ0v) is 13.5. The molecule has 1 rings (SSSR count). The molecule has 0 unspecified atom stereocenters. The lowest BCUT2D eigenvalue weighted by atomic mass is 9.98. The van der Waals surface area contributed by atoms with Crippen molar-refractivity contribution in [2.75, 3.05) is 11.9 Å². The number of rotatable bonds is 4. The Labute approximate surface area is 114 Å². The fourth-order valence-corrected chi connectivity index (χ4v) is 1.85. The van der Waals surface area contributed by atoms with Crippen LogP contribution in [0.4, 0.5) is 5.69 Å². The third kappa shape index (κ3) is 4.36. The molecule has 18 heavy (non-hydrogen) atoms. The van der Waals surface area contributed by atoms with E-state index < -0.39 is 0 Å². The van der Waals surface area contributed by atoms with Crippen LogP contribution in [0.25, 0.3) is 0 Å². The Balaban J connectivity index is 0.00000137. The minimum atomic E-state index is 0.549. The molecule has 0 bridgehead atoms. The van der Waals surface area contributed by atoms with Crippen molar-refractivity contribution in [1.82, 2.24) is 0 Å². The van der Waals surface area contributed by atoms with Gasteiger partial charge in [0.2, 0.25) is 0 Å². The summed E-state index contributed by atoms with van der Waals surface area (Å²) in [5.41, 5.74) is 4.27. The summed E-state index contributed by atoms with van der Waals surface area (Å²) >= 11 is 0. The van der Waals surface area contributed by atoms with Crippen LogP contribution in [0.2, 0.25) is 0 Å². The summed E-state index contributed by atoms with van der Waals surface area (Å²) < 4.78 is 0. The van der Waals surface area contributed by atoms with E-state index in [9.17, 15) is 0 Å². The van der Waals surface area contributed by atoms with Crippen LogP contribution in [-0.2, 0) is 6.42 Å². The van der Waals surface area contributed by atoms with Gasteiger partial charge in [-0.05, 0) is 43.4 Å². The van der Waals surface area contributed by atoms with Gasteiger partial charge in [0.15, 0.2) is 0 Å². The maximum absolute atomic E-state index is 2.37. The normalized spacial score (nSPS) is 10.3. The Bertz CT molecular complexity index is 339. The lowest BCUT2D eigenvalue weighted by molar-refractivity contribution is 0.747. The van der Waals surface area contributed by atoms with Crippen LogP contribution >= 0.6 is 0 Å². The molecule has 0 saturated heterocycles. The Morgan fingerprint density at radius 3 is 2.00 bits per heavy atom. The van der Waals surface area contributed by atoms with Crippen LogP contribution in [0, 0.1) is 0 Å². The van der Waals surface area contributed by atoms with Crippen LogP contribution in [0.3, 0.4) is 0 Å². The van der Waals surface area contributed by atoms with Crippen molar-refractivity contribution in [3.63, 3.8) is 0 Å². The molecule has 0 amide bonds. The van der Waals surface area contributed by atoms with Gasteiger partial charge in [-0.15, -0.1) is 0 Å². The molecule has 0 spiro atoms. The van der Waals surface area contributed by atoms with Crippen LogP contribution in [0.5, 0.6) is 0 Å². The van der Waals surface area contributed by atoms with E-state index >= 15 is 0 Å². The average Bonchev–Trinajstić information content (AvgIpc) is 2.39. The fourth-order valence-electron chi connectivity index (χ4n) is 1.85. The molecule has 0 heterocycles. The first-order valence-corrected chi connectivity index (χ1v) is 7.33. The van der Waals surface area contributed by atoms with Crippen molar-refractivity contribution in [3.05, 3.63) is 29.3 Å². The van der Waals surface area contributed by atoms with Gasteiger partial charge in [0.05, 0.1) is 0 Å². The second-order valence-corrected chi connectivity index (χ2v) is 5.10. The SMILES string of the molecule is CC.CCc1ccc(C(C)C)cc1N(C)C(C)C. The second-order valence-electron chi connectivity index (χ2n) is 5.10. The molecule has 0 fully saturated rings. The molecule has 0 aliphatic carbocycles.